The van der Waals surface area contributed by atoms with E-state index in [-0.39, 0.29) is 5.54 Å². The zero-order valence-electron chi connectivity index (χ0n) is 13.9. The van der Waals surface area contributed by atoms with Crippen LogP contribution in [0.1, 0.15) is 51.8 Å². The Morgan fingerprint density at radius 2 is 1.95 bits per heavy atom. The lowest BCUT2D eigenvalue weighted by molar-refractivity contribution is -0.0120. The van der Waals surface area contributed by atoms with Crippen LogP contribution < -0.4 is 5.32 Å². The molecule has 1 aromatic heterocycles. The zero-order chi connectivity index (χ0) is 14.9. The van der Waals surface area contributed by atoms with Gasteiger partial charge in [0, 0.05) is 49.7 Å². The molecule has 1 aliphatic heterocycles. The fourth-order valence-corrected chi connectivity index (χ4v) is 4.10. The maximum Gasteiger partial charge on any atom is 0.105 e. The second-order valence-corrected chi connectivity index (χ2v) is 7.61. The van der Waals surface area contributed by atoms with Gasteiger partial charge in [-0.05, 0) is 33.6 Å². The normalized spacial score (nSPS) is 25.3. The summed E-state index contributed by atoms with van der Waals surface area (Å²) in [5, 5.41) is 3.79. The number of imidazole rings is 1. The molecule has 1 aromatic rings. The molecule has 1 spiro atoms. The van der Waals surface area contributed by atoms with Crippen molar-refractivity contribution in [3.05, 3.63) is 18.2 Å². The molecule has 21 heavy (non-hydrogen) atoms. The lowest BCUT2D eigenvalue weighted by Gasteiger charge is -2.54. The van der Waals surface area contributed by atoms with E-state index in [1.54, 1.807) is 0 Å². The van der Waals surface area contributed by atoms with Gasteiger partial charge in [-0.2, -0.15) is 0 Å². The van der Waals surface area contributed by atoms with Gasteiger partial charge < -0.3 is 9.88 Å². The predicted molar refractivity (Wildman–Crippen MR) is 86.4 cm³/mol. The van der Waals surface area contributed by atoms with Gasteiger partial charge in [-0.25, -0.2) is 4.98 Å². The molecule has 0 radical (unpaired) electrons. The quantitative estimate of drug-likeness (QED) is 0.929. The van der Waals surface area contributed by atoms with Crippen molar-refractivity contribution in [1.29, 1.82) is 0 Å². The van der Waals surface area contributed by atoms with Crippen molar-refractivity contribution >= 4 is 0 Å². The van der Waals surface area contributed by atoms with E-state index in [1.165, 1.54) is 32.1 Å². The fraction of sp³-hybridized carbons (Fsp3) is 0.824. The third kappa shape index (κ3) is 3.16. The van der Waals surface area contributed by atoms with Gasteiger partial charge in [0.2, 0.25) is 0 Å². The topological polar surface area (TPSA) is 33.1 Å². The van der Waals surface area contributed by atoms with Crippen LogP contribution in [-0.2, 0) is 6.54 Å². The highest BCUT2D eigenvalue weighted by molar-refractivity contribution is 5.03. The number of aryl methyl sites for hydroxylation is 1. The van der Waals surface area contributed by atoms with Crippen LogP contribution in [-0.4, -0.2) is 45.2 Å². The van der Waals surface area contributed by atoms with Crippen molar-refractivity contribution in [2.75, 3.05) is 19.6 Å². The molecule has 118 valence electrons. The smallest absolute Gasteiger partial charge is 0.105 e. The van der Waals surface area contributed by atoms with Crippen LogP contribution in [0.5, 0.6) is 0 Å². The van der Waals surface area contributed by atoms with E-state index in [0.29, 0.717) is 5.54 Å². The molecule has 4 heteroatoms. The van der Waals surface area contributed by atoms with E-state index in [4.69, 9.17) is 0 Å². The molecular weight excluding hydrogens is 260 g/mol. The molecule has 2 fully saturated rings. The van der Waals surface area contributed by atoms with Gasteiger partial charge in [0.15, 0.2) is 0 Å². The summed E-state index contributed by atoms with van der Waals surface area (Å²) in [4.78, 5) is 7.12. The number of nitrogens with one attached hydrogen (secondary N) is 1. The summed E-state index contributed by atoms with van der Waals surface area (Å²) < 4.78 is 2.28. The first-order valence-corrected chi connectivity index (χ1v) is 8.49. The van der Waals surface area contributed by atoms with Crippen molar-refractivity contribution < 1.29 is 0 Å². The maximum atomic E-state index is 4.35. The van der Waals surface area contributed by atoms with Gasteiger partial charge in [0.05, 0.1) is 0 Å². The van der Waals surface area contributed by atoms with Crippen LogP contribution in [0.4, 0.5) is 0 Å². The van der Waals surface area contributed by atoms with Gasteiger partial charge in [-0.3, -0.25) is 4.90 Å². The summed E-state index contributed by atoms with van der Waals surface area (Å²) in [5.41, 5.74) is 0.634. The fourth-order valence-electron chi connectivity index (χ4n) is 4.10. The van der Waals surface area contributed by atoms with Crippen LogP contribution in [0.2, 0.25) is 0 Å². The monoisotopic (exact) mass is 290 g/mol. The van der Waals surface area contributed by atoms with Gasteiger partial charge in [0.25, 0.3) is 0 Å². The van der Waals surface area contributed by atoms with Crippen molar-refractivity contribution in [3.8, 4) is 0 Å². The average Bonchev–Trinajstić information content (AvgIpc) is 2.87. The van der Waals surface area contributed by atoms with E-state index in [9.17, 15) is 0 Å². The SMILES string of the molecule is Cc1nccn1CCN1CC(C)(C)NCC12CCCCC2. The van der Waals surface area contributed by atoms with Crippen LogP contribution in [0.3, 0.4) is 0 Å². The highest BCUT2D eigenvalue weighted by Crippen LogP contribution is 2.36. The van der Waals surface area contributed by atoms with Gasteiger partial charge in [0.1, 0.15) is 5.82 Å². The Bertz CT molecular complexity index is 471. The number of hydrogen-bond donors (Lipinski definition) is 1. The van der Waals surface area contributed by atoms with Crippen molar-refractivity contribution in [3.63, 3.8) is 0 Å². The van der Waals surface area contributed by atoms with E-state index in [1.807, 2.05) is 6.20 Å². The first-order chi connectivity index (χ1) is 10.0. The molecule has 1 aliphatic carbocycles. The Kier molecular flexibility index (Phi) is 4.10. The predicted octanol–water partition coefficient (Wildman–Crippen LogP) is 2.58. The molecule has 0 bridgehead atoms. The minimum atomic E-state index is 0.229. The first-order valence-electron chi connectivity index (χ1n) is 8.49. The molecule has 1 N–H and O–H groups in total. The molecule has 1 saturated carbocycles. The van der Waals surface area contributed by atoms with Crippen LogP contribution in [0, 0.1) is 6.92 Å². The standard InChI is InChI=1S/C17H30N4/c1-15-18-9-10-20(15)11-12-21-14-16(2,3)19-13-17(21)7-5-4-6-8-17/h9-10,19H,4-8,11-14H2,1-3H3. The highest BCUT2D eigenvalue weighted by Gasteiger charge is 2.44. The molecule has 0 unspecified atom stereocenters. The van der Waals surface area contributed by atoms with E-state index < -0.39 is 0 Å². The Hall–Kier alpha value is -0.870. The largest absolute Gasteiger partial charge is 0.334 e. The number of aromatic nitrogens is 2. The summed E-state index contributed by atoms with van der Waals surface area (Å²) in [6.45, 7) is 11.3. The third-order valence-corrected chi connectivity index (χ3v) is 5.47. The minimum absolute atomic E-state index is 0.229. The van der Waals surface area contributed by atoms with Crippen molar-refractivity contribution in [1.82, 2.24) is 19.8 Å². The van der Waals surface area contributed by atoms with Gasteiger partial charge in [-0.1, -0.05) is 19.3 Å². The first kappa shape index (κ1) is 15.0. The lowest BCUT2D eigenvalue weighted by atomic mass is 9.77. The molecule has 0 amide bonds. The third-order valence-electron chi connectivity index (χ3n) is 5.47. The van der Waals surface area contributed by atoms with Crippen LogP contribution >= 0.6 is 0 Å². The number of hydrogen-bond acceptors (Lipinski definition) is 3. The Labute approximate surface area is 128 Å². The maximum absolute atomic E-state index is 4.35. The molecule has 0 aromatic carbocycles. The number of piperazine rings is 1. The van der Waals surface area contributed by atoms with E-state index >= 15 is 0 Å². The van der Waals surface area contributed by atoms with Crippen LogP contribution in [0.15, 0.2) is 12.4 Å². The number of rotatable bonds is 3. The van der Waals surface area contributed by atoms with Gasteiger partial charge >= 0.3 is 0 Å². The minimum Gasteiger partial charge on any atom is -0.334 e. The molecular formula is C17H30N4. The zero-order valence-corrected chi connectivity index (χ0v) is 13.9. The Morgan fingerprint density at radius 3 is 2.62 bits per heavy atom. The van der Waals surface area contributed by atoms with Gasteiger partial charge in [-0.15, -0.1) is 0 Å². The highest BCUT2D eigenvalue weighted by atomic mass is 15.3. The second kappa shape index (κ2) is 5.73. The number of nitrogens with zero attached hydrogens (tertiary/aromatic N) is 3. The molecule has 1 saturated heterocycles. The molecule has 4 nitrogen and oxygen atoms in total. The molecule has 0 atom stereocenters. The lowest BCUT2D eigenvalue weighted by Crippen LogP contribution is -2.69. The molecule has 2 heterocycles. The summed E-state index contributed by atoms with van der Waals surface area (Å²) in [6.07, 6.45) is 10.9. The summed E-state index contributed by atoms with van der Waals surface area (Å²) >= 11 is 0. The molecule has 3 rings (SSSR count). The molecule has 2 aliphatic rings. The second-order valence-electron chi connectivity index (χ2n) is 7.61. The van der Waals surface area contributed by atoms with E-state index in [0.717, 1.165) is 32.0 Å². The summed E-state index contributed by atoms with van der Waals surface area (Å²) in [7, 11) is 0. The Balaban J connectivity index is 1.72. The average molecular weight is 290 g/mol. The van der Waals surface area contributed by atoms with Crippen molar-refractivity contribution in [2.45, 2.75) is 70.5 Å². The summed E-state index contributed by atoms with van der Waals surface area (Å²) in [6, 6.07) is 0. The Morgan fingerprint density at radius 1 is 1.19 bits per heavy atom. The van der Waals surface area contributed by atoms with Crippen molar-refractivity contribution in [2.24, 2.45) is 0 Å². The van der Waals surface area contributed by atoms with E-state index in [2.05, 4.69) is 46.7 Å². The summed E-state index contributed by atoms with van der Waals surface area (Å²) in [5.74, 6) is 1.13. The van der Waals surface area contributed by atoms with Crippen LogP contribution in [0.25, 0.3) is 0 Å².